The highest BCUT2D eigenvalue weighted by atomic mass is 32.1. The number of amides is 1. The van der Waals surface area contributed by atoms with E-state index in [1.165, 1.54) is 29.8 Å². The Balaban J connectivity index is 1.75. The van der Waals surface area contributed by atoms with Crippen LogP contribution >= 0.6 is 11.3 Å². The van der Waals surface area contributed by atoms with Crippen LogP contribution in [0.2, 0.25) is 0 Å². The molecule has 7 nitrogen and oxygen atoms in total. The number of carbonyl (C=O) groups excluding carboxylic acids is 1. The van der Waals surface area contributed by atoms with Gasteiger partial charge < -0.3 is 0 Å². The molecule has 1 N–H and O–H groups in total. The number of benzene rings is 1. The monoisotopic (exact) mass is 361 g/mol. The molecule has 3 aromatic rings. The van der Waals surface area contributed by atoms with Crippen LogP contribution in [0.25, 0.3) is 10.9 Å². The molecule has 2 heterocycles. The Morgan fingerprint density at radius 2 is 2.16 bits per heavy atom. The van der Waals surface area contributed by atoms with Gasteiger partial charge in [-0.15, -0.1) is 10.2 Å². The highest BCUT2D eigenvalue weighted by Crippen LogP contribution is 2.18. The number of fused-ring (bicyclic) bond motifs is 1. The smallest absolute Gasteiger partial charge is 0.261 e. The van der Waals surface area contributed by atoms with E-state index in [1.54, 1.807) is 0 Å². The van der Waals surface area contributed by atoms with Gasteiger partial charge in [-0.2, -0.15) is 0 Å². The van der Waals surface area contributed by atoms with Crippen LogP contribution in [0.1, 0.15) is 18.9 Å². The van der Waals surface area contributed by atoms with Gasteiger partial charge in [-0.05, 0) is 24.1 Å². The maximum atomic E-state index is 13.3. The molecule has 0 spiro atoms. The highest BCUT2D eigenvalue weighted by molar-refractivity contribution is 7.15. The second-order valence-corrected chi connectivity index (χ2v) is 7.05. The minimum atomic E-state index is -0.528. The lowest BCUT2D eigenvalue weighted by atomic mass is 10.1. The maximum Gasteiger partial charge on any atom is 0.261 e. The van der Waals surface area contributed by atoms with Gasteiger partial charge in [0.2, 0.25) is 11.0 Å². The summed E-state index contributed by atoms with van der Waals surface area (Å²) >= 11 is 1.30. The Morgan fingerprint density at radius 1 is 1.36 bits per heavy atom. The Kier molecular flexibility index (Phi) is 4.84. The molecule has 2 aromatic heterocycles. The molecule has 0 unspecified atom stereocenters. The molecule has 0 aliphatic carbocycles. The summed E-state index contributed by atoms with van der Waals surface area (Å²) in [6.45, 7) is 3.90. The van der Waals surface area contributed by atoms with Crippen LogP contribution in [-0.2, 0) is 17.8 Å². The Labute approximate surface area is 146 Å². The topological polar surface area (TPSA) is 89.8 Å². The van der Waals surface area contributed by atoms with Crippen molar-refractivity contribution in [1.29, 1.82) is 0 Å². The molecule has 0 aliphatic heterocycles. The lowest BCUT2D eigenvalue weighted by molar-refractivity contribution is -0.116. The summed E-state index contributed by atoms with van der Waals surface area (Å²) in [5.74, 6) is -0.508. The van der Waals surface area contributed by atoms with Crippen molar-refractivity contribution >= 4 is 33.3 Å². The first-order valence-corrected chi connectivity index (χ1v) is 8.51. The fourth-order valence-corrected chi connectivity index (χ4v) is 3.26. The van der Waals surface area contributed by atoms with E-state index in [0.717, 1.165) is 22.1 Å². The average Bonchev–Trinajstić information content (AvgIpc) is 2.96. The Bertz CT molecular complexity index is 982. The summed E-state index contributed by atoms with van der Waals surface area (Å²) < 4.78 is 14.5. The predicted molar refractivity (Wildman–Crippen MR) is 93.0 cm³/mol. The zero-order valence-corrected chi connectivity index (χ0v) is 14.5. The van der Waals surface area contributed by atoms with E-state index >= 15 is 0 Å². The summed E-state index contributed by atoms with van der Waals surface area (Å²) in [6, 6.07) is 3.77. The van der Waals surface area contributed by atoms with Crippen molar-refractivity contribution in [3.05, 3.63) is 45.7 Å². The minimum Gasteiger partial charge on any atom is -0.299 e. The van der Waals surface area contributed by atoms with Crippen LogP contribution in [0, 0.1) is 11.7 Å². The average molecular weight is 361 g/mol. The van der Waals surface area contributed by atoms with E-state index < -0.39 is 17.3 Å². The van der Waals surface area contributed by atoms with Crippen molar-refractivity contribution in [2.45, 2.75) is 26.8 Å². The van der Waals surface area contributed by atoms with Crippen LogP contribution in [0.5, 0.6) is 0 Å². The zero-order valence-electron chi connectivity index (χ0n) is 13.7. The molecule has 0 fully saturated rings. The normalized spacial score (nSPS) is 11.2. The number of anilines is 1. The molecule has 0 saturated carbocycles. The quantitative estimate of drug-likeness (QED) is 0.753. The summed E-state index contributed by atoms with van der Waals surface area (Å²) in [7, 11) is 0. The van der Waals surface area contributed by atoms with Crippen molar-refractivity contribution in [2.75, 3.05) is 5.32 Å². The lowest BCUT2D eigenvalue weighted by Crippen LogP contribution is -2.27. The van der Waals surface area contributed by atoms with Crippen LogP contribution in [-0.4, -0.2) is 25.7 Å². The molecular weight excluding hydrogens is 345 g/mol. The zero-order chi connectivity index (χ0) is 18.0. The number of rotatable bonds is 5. The molecule has 0 saturated heterocycles. The van der Waals surface area contributed by atoms with Crippen LogP contribution in [0.3, 0.4) is 0 Å². The van der Waals surface area contributed by atoms with Gasteiger partial charge in [-0.1, -0.05) is 25.2 Å². The second kappa shape index (κ2) is 7.06. The van der Waals surface area contributed by atoms with Gasteiger partial charge in [-0.25, -0.2) is 9.37 Å². The number of halogens is 1. The molecule has 0 radical (unpaired) electrons. The molecule has 130 valence electrons. The molecule has 0 atom stereocenters. The van der Waals surface area contributed by atoms with E-state index in [4.69, 9.17) is 0 Å². The molecule has 1 amide bonds. The van der Waals surface area contributed by atoms with E-state index in [1.807, 2.05) is 0 Å². The molecule has 0 aliphatic rings. The number of aromatic nitrogens is 4. The van der Waals surface area contributed by atoms with Crippen LogP contribution in [0.15, 0.2) is 29.3 Å². The van der Waals surface area contributed by atoms with E-state index in [2.05, 4.69) is 34.3 Å². The first kappa shape index (κ1) is 17.2. The third-order valence-corrected chi connectivity index (χ3v) is 4.26. The highest BCUT2D eigenvalue weighted by Gasteiger charge is 2.12. The van der Waals surface area contributed by atoms with Gasteiger partial charge in [0.1, 0.15) is 17.4 Å². The number of hydrogen-bond donors (Lipinski definition) is 1. The van der Waals surface area contributed by atoms with Gasteiger partial charge in [0.15, 0.2) is 0 Å². The third-order valence-electron chi connectivity index (χ3n) is 3.40. The molecule has 0 bridgehead atoms. The Hall–Kier alpha value is -2.68. The number of hydrogen-bond acceptors (Lipinski definition) is 6. The minimum absolute atomic E-state index is 0.130. The third kappa shape index (κ3) is 4.05. The SMILES string of the molecule is CC(C)Cc1nnc(NC(=O)Cn2cnc3ccc(F)cc3c2=O)s1. The van der Waals surface area contributed by atoms with Gasteiger partial charge in [-0.3, -0.25) is 19.5 Å². The summed E-state index contributed by atoms with van der Waals surface area (Å²) in [5, 5.41) is 11.9. The summed E-state index contributed by atoms with van der Waals surface area (Å²) in [4.78, 5) is 28.6. The largest absolute Gasteiger partial charge is 0.299 e. The molecule has 3 rings (SSSR count). The van der Waals surface area contributed by atoms with E-state index in [9.17, 15) is 14.0 Å². The number of nitrogens with zero attached hydrogens (tertiary/aromatic N) is 4. The first-order valence-electron chi connectivity index (χ1n) is 7.69. The first-order chi connectivity index (χ1) is 11.9. The van der Waals surface area contributed by atoms with Crippen molar-refractivity contribution in [3.63, 3.8) is 0 Å². The fraction of sp³-hybridized carbons (Fsp3) is 0.312. The standard InChI is InChI=1S/C16H16FN5O2S/c1-9(2)5-14-20-21-16(25-14)19-13(23)7-22-8-18-12-4-3-10(17)6-11(12)15(22)24/h3-4,6,8-9H,5,7H2,1-2H3,(H,19,21,23). The van der Waals surface area contributed by atoms with Crippen molar-refractivity contribution in [1.82, 2.24) is 19.7 Å². The maximum absolute atomic E-state index is 13.3. The van der Waals surface area contributed by atoms with E-state index in [0.29, 0.717) is 16.6 Å². The van der Waals surface area contributed by atoms with Gasteiger partial charge >= 0.3 is 0 Å². The Morgan fingerprint density at radius 3 is 2.92 bits per heavy atom. The molecular formula is C16H16FN5O2S. The van der Waals surface area contributed by atoms with Gasteiger partial charge in [0.05, 0.1) is 17.2 Å². The van der Waals surface area contributed by atoms with Gasteiger partial charge in [0.25, 0.3) is 5.56 Å². The van der Waals surface area contributed by atoms with Crippen molar-refractivity contribution in [3.8, 4) is 0 Å². The van der Waals surface area contributed by atoms with Crippen molar-refractivity contribution < 1.29 is 9.18 Å². The number of carbonyl (C=O) groups is 1. The molecule has 9 heteroatoms. The van der Waals surface area contributed by atoms with Crippen LogP contribution < -0.4 is 10.9 Å². The second-order valence-electron chi connectivity index (χ2n) is 5.99. The molecule has 1 aromatic carbocycles. The fourth-order valence-electron chi connectivity index (χ4n) is 2.29. The molecule has 25 heavy (non-hydrogen) atoms. The van der Waals surface area contributed by atoms with Crippen LogP contribution in [0.4, 0.5) is 9.52 Å². The number of nitrogens with one attached hydrogen (secondary N) is 1. The lowest BCUT2D eigenvalue weighted by Gasteiger charge is -2.06. The van der Waals surface area contributed by atoms with E-state index in [-0.39, 0.29) is 11.9 Å². The summed E-state index contributed by atoms with van der Waals surface area (Å²) in [6.07, 6.45) is 2.06. The van der Waals surface area contributed by atoms with Gasteiger partial charge in [0, 0.05) is 6.42 Å². The predicted octanol–water partition coefficient (Wildman–Crippen LogP) is 2.22. The van der Waals surface area contributed by atoms with Crippen molar-refractivity contribution in [2.24, 2.45) is 5.92 Å². The summed E-state index contributed by atoms with van der Waals surface area (Å²) in [5.41, 5.74) is -0.0945.